The van der Waals surface area contributed by atoms with Gasteiger partial charge in [-0.25, -0.2) is 4.79 Å². The van der Waals surface area contributed by atoms with E-state index in [1.807, 2.05) is 12.1 Å². The number of ether oxygens (including phenoxy) is 2. The van der Waals surface area contributed by atoms with Crippen molar-refractivity contribution in [1.82, 2.24) is 5.32 Å². The van der Waals surface area contributed by atoms with Gasteiger partial charge in [-0.1, -0.05) is 29.3 Å². The zero-order valence-corrected chi connectivity index (χ0v) is 18.5. The van der Waals surface area contributed by atoms with Crippen LogP contribution >= 0.6 is 23.8 Å². The molecule has 0 aromatic heterocycles. The Hall–Kier alpha value is -2.31. The van der Waals surface area contributed by atoms with Crippen molar-refractivity contribution in [2.45, 2.75) is 45.8 Å². The fraction of sp³-hybridized carbons (Fsp3) is 0.364. The van der Waals surface area contributed by atoms with Crippen LogP contribution < -0.4 is 15.4 Å². The average Bonchev–Trinajstić information content (AvgIpc) is 2.62. The summed E-state index contributed by atoms with van der Waals surface area (Å²) in [5.74, 6) is 0.426. The number of hydrogen-bond acceptors (Lipinski definition) is 4. The molecule has 2 N–H and O–H groups in total. The lowest BCUT2D eigenvalue weighted by Crippen LogP contribution is -2.42. The Morgan fingerprint density at radius 2 is 2.07 bits per heavy atom. The highest BCUT2D eigenvalue weighted by molar-refractivity contribution is 7.80. The number of nitrogens with one attached hydrogen (secondary N) is 2. The van der Waals surface area contributed by atoms with E-state index in [1.54, 1.807) is 25.1 Å². The molecule has 154 valence electrons. The number of rotatable bonds is 4. The quantitative estimate of drug-likeness (QED) is 0.497. The van der Waals surface area contributed by atoms with E-state index < -0.39 is 5.97 Å². The highest BCUT2D eigenvalue weighted by Gasteiger charge is 2.34. The molecule has 0 unspecified atom stereocenters. The summed E-state index contributed by atoms with van der Waals surface area (Å²) in [6, 6.07) is 11.2. The van der Waals surface area contributed by atoms with Crippen molar-refractivity contribution in [3.8, 4) is 5.75 Å². The molecule has 0 saturated carbocycles. The van der Waals surface area contributed by atoms with Gasteiger partial charge in [0.25, 0.3) is 0 Å². The van der Waals surface area contributed by atoms with Crippen molar-refractivity contribution in [2.24, 2.45) is 0 Å². The molecule has 2 aromatic rings. The van der Waals surface area contributed by atoms with Gasteiger partial charge < -0.3 is 20.1 Å². The normalized spacial score (nSPS) is 16.9. The minimum atomic E-state index is -0.443. The number of carbonyl (C=O) groups is 1. The van der Waals surface area contributed by atoms with E-state index in [0.29, 0.717) is 28.0 Å². The van der Waals surface area contributed by atoms with E-state index in [4.69, 9.17) is 33.3 Å². The Morgan fingerprint density at radius 3 is 2.76 bits per heavy atom. The maximum Gasteiger partial charge on any atom is 0.339 e. The summed E-state index contributed by atoms with van der Waals surface area (Å²) < 4.78 is 11.1. The molecule has 5 nitrogen and oxygen atoms in total. The monoisotopic (exact) mass is 432 g/mol. The molecule has 7 heteroatoms. The van der Waals surface area contributed by atoms with E-state index >= 15 is 0 Å². The number of esters is 1. The Balaban J connectivity index is 1.73. The first-order valence-electron chi connectivity index (χ1n) is 9.52. The first-order valence-corrected chi connectivity index (χ1v) is 10.3. The molecule has 3 rings (SSSR count). The molecule has 0 bridgehead atoms. The van der Waals surface area contributed by atoms with Crippen molar-refractivity contribution in [3.05, 3.63) is 58.1 Å². The van der Waals surface area contributed by atoms with Crippen LogP contribution in [0.3, 0.4) is 0 Å². The Morgan fingerprint density at radius 1 is 1.31 bits per heavy atom. The van der Waals surface area contributed by atoms with Gasteiger partial charge in [0.05, 0.1) is 23.2 Å². The standard InChI is InChI=1S/C22H25ClN2O3S/c1-5-27-20(26)15-8-7-14(11-17(15)23)24-21(29)25-18-12-22(3,4)28-19-9-6-13(2)10-16(18)19/h6-11,18H,5,12H2,1-4H3,(H2,24,25,29)/t18-/m0/s1. The smallest absolute Gasteiger partial charge is 0.339 e. The third-order valence-corrected chi connectivity index (χ3v) is 5.18. The van der Waals surface area contributed by atoms with E-state index in [1.165, 1.54) is 5.56 Å². The number of anilines is 1. The Labute approximate surface area is 181 Å². The molecule has 2 aromatic carbocycles. The van der Waals surface area contributed by atoms with Gasteiger partial charge in [-0.05, 0) is 64.2 Å². The SMILES string of the molecule is CCOC(=O)c1ccc(NC(=S)N[C@H]2CC(C)(C)Oc3ccc(C)cc32)cc1Cl. The third-order valence-electron chi connectivity index (χ3n) is 4.65. The molecule has 0 amide bonds. The fourth-order valence-corrected chi connectivity index (χ4v) is 3.91. The Bertz CT molecular complexity index is 946. The Kier molecular flexibility index (Phi) is 6.34. The number of thiocarbonyl (C=S) groups is 1. The van der Waals surface area contributed by atoms with Gasteiger partial charge in [0.2, 0.25) is 0 Å². The van der Waals surface area contributed by atoms with Crippen LogP contribution in [0, 0.1) is 6.92 Å². The van der Waals surface area contributed by atoms with E-state index in [2.05, 4.69) is 37.5 Å². The van der Waals surface area contributed by atoms with Crippen LogP contribution in [0.1, 0.15) is 54.7 Å². The molecule has 0 saturated heterocycles. The van der Waals surface area contributed by atoms with Crippen LogP contribution in [0.4, 0.5) is 5.69 Å². The van der Waals surface area contributed by atoms with Crippen molar-refractivity contribution in [3.63, 3.8) is 0 Å². The first-order chi connectivity index (χ1) is 13.7. The van der Waals surface area contributed by atoms with Gasteiger partial charge in [0.15, 0.2) is 5.11 Å². The number of benzene rings is 2. The molecule has 1 aliphatic rings. The highest BCUT2D eigenvalue weighted by atomic mass is 35.5. The van der Waals surface area contributed by atoms with Crippen LogP contribution in [-0.4, -0.2) is 23.3 Å². The van der Waals surface area contributed by atoms with Gasteiger partial charge in [-0.2, -0.15) is 0 Å². The van der Waals surface area contributed by atoms with Crippen LogP contribution in [0.15, 0.2) is 36.4 Å². The summed E-state index contributed by atoms with van der Waals surface area (Å²) in [6.45, 7) is 8.24. The first kappa shape index (κ1) is 21.4. The zero-order valence-electron chi connectivity index (χ0n) is 17.0. The molecule has 1 atom stereocenters. The molecule has 29 heavy (non-hydrogen) atoms. The molecular formula is C22H25ClN2O3S. The molecule has 0 fully saturated rings. The lowest BCUT2D eigenvalue weighted by atomic mass is 9.89. The fourth-order valence-electron chi connectivity index (χ4n) is 3.40. The van der Waals surface area contributed by atoms with E-state index in [9.17, 15) is 4.79 Å². The van der Waals surface area contributed by atoms with Crippen molar-refractivity contribution in [1.29, 1.82) is 0 Å². The van der Waals surface area contributed by atoms with E-state index in [-0.39, 0.29) is 11.6 Å². The average molecular weight is 433 g/mol. The number of carbonyl (C=O) groups excluding carboxylic acids is 1. The maximum atomic E-state index is 11.9. The lowest BCUT2D eigenvalue weighted by molar-refractivity contribution is 0.0526. The zero-order chi connectivity index (χ0) is 21.2. The molecule has 1 aliphatic heterocycles. The van der Waals surface area contributed by atoms with Gasteiger partial charge in [0, 0.05) is 17.7 Å². The summed E-state index contributed by atoms with van der Waals surface area (Å²) >= 11 is 11.8. The summed E-state index contributed by atoms with van der Waals surface area (Å²) in [4.78, 5) is 11.9. The minimum absolute atomic E-state index is 0.0166. The second kappa shape index (κ2) is 8.59. The summed E-state index contributed by atoms with van der Waals surface area (Å²) in [5.41, 5.74) is 2.97. The van der Waals surface area contributed by atoms with E-state index in [0.717, 1.165) is 17.7 Å². The van der Waals surface area contributed by atoms with Crippen LogP contribution in [0.5, 0.6) is 5.75 Å². The van der Waals surface area contributed by atoms with Gasteiger partial charge >= 0.3 is 5.97 Å². The van der Waals surface area contributed by atoms with Gasteiger partial charge in [0.1, 0.15) is 11.4 Å². The minimum Gasteiger partial charge on any atom is -0.487 e. The summed E-state index contributed by atoms with van der Waals surface area (Å²) in [6.07, 6.45) is 0.772. The third kappa shape index (κ3) is 5.19. The second-order valence-corrected chi connectivity index (χ2v) is 8.49. The predicted octanol–water partition coefficient (Wildman–Crippen LogP) is 5.41. The second-order valence-electron chi connectivity index (χ2n) is 7.67. The van der Waals surface area contributed by atoms with Crippen LogP contribution in [0.25, 0.3) is 0 Å². The number of aryl methyl sites for hydroxylation is 1. The molecule has 0 radical (unpaired) electrons. The predicted molar refractivity (Wildman–Crippen MR) is 120 cm³/mol. The molecule has 0 spiro atoms. The van der Waals surface area contributed by atoms with Crippen molar-refractivity contribution >= 4 is 40.6 Å². The number of halogens is 1. The largest absolute Gasteiger partial charge is 0.487 e. The lowest BCUT2D eigenvalue weighted by Gasteiger charge is -2.38. The topological polar surface area (TPSA) is 59.6 Å². The highest BCUT2D eigenvalue weighted by Crippen LogP contribution is 2.39. The summed E-state index contributed by atoms with van der Waals surface area (Å²) in [5, 5.41) is 7.32. The molecular weight excluding hydrogens is 408 g/mol. The maximum absolute atomic E-state index is 11.9. The van der Waals surface area contributed by atoms with Crippen molar-refractivity contribution < 1.29 is 14.3 Å². The van der Waals surface area contributed by atoms with Gasteiger partial charge in [-0.15, -0.1) is 0 Å². The number of hydrogen-bond donors (Lipinski definition) is 2. The number of fused-ring (bicyclic) bond motifs is 1. The van der Waals surface area contributed by atoms with Crippen LogP contribution in [0.2, 0.25) is 5.02 Å². The summed E-state index contributed by atoms with van der Waals surface area (Å²) in [7, 11) is 0. The van der Waals surface area contributed by atoms with Crippen LogP contribution in [-0.2, 0) is 4.74 Å². The molecule has 1 heterocycles. The molecule has 0 aliphatic carbocycles. The van der Waals surface area contributed by atoms with Gasteiger partial charge in [-0.3, -0.25) is 0 Å². The van der Waals surface area contributed by atoms with Crippen molar-refractivity contribution in [2.75, 3.05) is 11.9 Å².